The number of halogens is 4. The fourth-order valence-electron chi connectivity index (χ4n) is 5.24. The van der Waals surface area contributed by atoms with Crippen LogP contribution in [0, 0.1) is 25.5 Å². The van der Waals surface area contributed by atoms with Crippen molar-refractivity contribution in [1.29, 1.82) is 0 Å². The van der Waals surface area contributed by atoms with Gasteiger partial charge in [0.1, 0.15) is 18.2 Å². The summed E-state index contributed by atoms with van der Waals surface area (Å²) in [7, 11) is 0. The maximum atomic E-state index is 14.0. The van der Waals surface area contributed by atoms with Gasteiger partial charge >= 0.3 is 5.69 Å². The number of aromatic nitrogens is 5. The second kappa shape index (κ2) is 12.1. The van der Waals surface area contributed by atoms with E-state index in [-0.39, 0.29) is 40.8 Å². The van der Waals surface area contributed by atoms with Crippen LogP contribution in [-0.4, -0.2) is 43.1 Å². The van der Waals surface area contributed by atoms with E-state index in [4.69, 9.17) is 15.2 Å². The number of nitrogens with zero attached hydrogens (tertiary/aromatic N) is 4. The van der Waals surface area contributed by atoms with Crippen LogP contribution in [0.25, 0.3) is 17.5 Å². The highest BCUT2D eigenvalue weighted by Gasteiger charge is 2.27. The molecule has 0 unspecified atom stereocenters. The first-order valence-corrected chi connectivity index (χ1v) is 14.0. The Morgan fingerprint density at radius 2 is 1.81 bits per heavy atom. The minimum Gasteiger partial charge on any atom is -0.485 e. The zero-order valence-electron chi connectivity index (χ0n) is 24.7. The second-order valence-electron chi connectivity index (χ2n) is 10.6. The molecule has 0 aliphatic heterocycles. The summed E-state index contributed by atoms with van der Waals surface area (Å²) >= 11 is 0. The third kappa shape index (κ3) is 5.90. The molecule has 0 amide bonds. The Balaban J connectivity index is 1.29. The van der Waals surface area contributed by atoms with Crippen LogP contribution in [0.3, 0.4) is 0 Å². The molecule has 0 atom stereocenters. The van der Waals surface area contributed by atoms with Crippen molar-refractivity contribution in [3.63, 3.8) is 0 Å². The molecule has 6 rings (SSSR count). The molecule has 3 heterocycles. The number of hydrogen-bond acceptors (Lipinski definition) is 8. The van der Waals surface area contributed by atoms with Crippen molar-refractivity contribution >= 4 is 17.7 Å². The number of aromatic amines is 1. The average molecular weight is 649 g/mol. The van der Waals surface area contributed by atoms with Gasteiger partial charge in [0.2, 0.25) is 11.6 Å². The fraction of sp³-hybridized carbons (Fsp3) is 0.156. The van der Waals surface area contributed by atoms with Gasteiger partial charge in [0.15, 0.2) is 17.4 Å². The molecule has 240 valence electrons. The normalized spacial score (nSPS) is 12.3. The van der Waals surface area contributed by atoms with Crippen molar-refractivity contribution in [2.75, 3.05) is 12.3 Å². The highest BCUT2D eigenvalue weighted by Crippen LogP contribution is 2.36. The summed E-state index contributed by atoms with van der Waals surface area (Å²) in [4.78, 5) is 44.4. The molecule has 2 aromatic carbocycles. The monoisotopic (exact) mass is 648 g/mol. The van der Waals surface area contributed by atoms with E-state index in [2.05, 4.69) is 15.1 Å². The number of rotatable bonds is 9. The number of nitrogen functional groups attached to an aromatic ring is 1. The number of pyridine rings is 1. The number of ketones is 1. The molecule has 0 radical (unpaired) electrons. The number of carbonyl (C=O) groups excluding carboxylic acids is 1. The number of nitrogens with one attached hydrogen (secondary N) is 1. The molecule has 0 saturated heterocycles. The van der Waals surface area contributed by atoms with Crippen molar-refractivity contribution in [2.24, 2.45) is 0 Å². The van der Waals surface area contributed by atoms with Gasteiger partial charge in [-0.2, -0.15) is 5.10 Å². The summed E-state index contributed by atoms with van der Waals surface area (Å²) in [5.74, 6) is -3.00. The first-order valence-electron chi connectivity index (χ1n) is 14.0. The van der Waals surface area contributed by atoms with Gasteiger partial charge in [-0.05, 0) is 60.9 Å². The summed E-state index contributed by atoms with van der Waals surface area (Å²) in [6, 6.07) is 8.90. The lowest BCUT2D eigenvalue weighted by Crippen LogP contribution is -2.30. The number of alkyl halides is 2. The van der Waals surface area contributed by atoms with Crippen LogP contribution in [-0.2, 0) is 6.42 Å². The molecule has 1 aliphatic carbocycles. The molecule has 3 N–H and O–H groups in total. The molecular formula is C32H24F4N6O5. The number of nitrogens with two attached hydrogens (primary N) is 1. The Morgan fingerprint density at radius 3 is 2.49 bits per heavy atom. The number of hydrogen-bond donors (Lipinski definition) is 2. The van der Waals surface area contributed by atoms with Crippen molar-refractivity contribution in [3.8, 4) is 28.8 Å². The number of ether oxygens (including phenoxy) is 2. The molecule has 47 heavy (non-hydrogen) atoms. The number of allylic oxidation sites excluding steroid dienone is 1. The van der Waals surface area contributed by atoms with Crippen LogP contribution in [0.4, 0.5) is 23.4 Å². The molecule has 11 nitrogen and oxygen atoms in total. The zero-order valence-corrected chi connectivity index (χ0v) is 24.7. The number of H-pyrrole nitrogens is 1. The number of benzene rings is 2. The highest BCUT2D eigenvalue weighted by atomic mass is 19.3. The number of carbonyl (C=O) groups is 1. The number of para-hydroxylation sites is 1. The zero-order chi connectivity index (χ0) is 33.6. The quantitative estimate of drug-likeness (QED) is 0.171. The molecule has 15 heteroatoms. The molecule has 3 aromatic heterocycles. The van der Waals surface area contributed by atoms with Crippen LogP contribution in [0.15, 0.2) is 70.0 Å². The Bertz CT molecular complexity index is 2200. The smallest absolute Gasteiger partial charge is 0.333 e. The van der Waals surface area contributed by atoms with Crippen molar-refractivity contribution in [2.45, 2.75) is 26.7 Å². The number of aryl methyl sites for hydroxylation is 2. The number of fused-ring (bicyclic) bond motifs is 1. The summed E-state index contributed by atoms with van der Waals surface area (Å²) in [5.41, 5.74) is 7.66. The first-order chi connectivity index (χ1) is 22.4. The molecular weight excluding hydrogens is 624 g/mol. The van der Waals surface area contributed by atoms with E-state index in [1.54, 1.807) is 13.0 Å². The minimum absolute atomic E-state index is 0.0114. The van der Waals surface area contributed by atoms with E-state index < -0.39 is 47.4 Å². The summed E-state index contributed by atoms with van der Waals surface area (Å²) in [6.45, 7) is 2.23. The van der Waals surface area contributed by atoms with Gasteiger partial charge in [0.05, 0.1) is 29.3 Å². The molecule has 0 spiro atoms. The SMILES string of the molecule is Cc1cc(Oc2c(F)cccc2F)ncc1-n1ncc(C(=O)C2=Cc3cc(OCC(F)F)c(-n4c(C)cc(=O)[nH]c4=O)cc3C2)c1N. The van der Waals surface area contributed by atoms with Crippen LogP contribution < -0.4 is 26.5 Å². The number of Topliss-reactive ketones (excluding diaryl/α,β-unsaturated/α-hetero) is 1. The molecule has 1 aliphatic rings. The third-order valence-electron chi connectivity index (χ3n) is 7.42. The average Bonchev–Trinajstić information content (AvgIpc) is 3.60. The van der Waals surface area contributed by atoms with Gasteiger partial charge in [-0.3, -0.25) is 19.1 Å². The first kappa shape index (κ1) is 31.0. The lowest BCUT2D eigenvalue weighted by atomic mass is 10.0. The standard InChI is InChI=1S/C32H24F4N6O5/c1-15-6-28(47-30-21(33)4-3-5-22(30)34)38-13-24(15)42-31(37)20(12-39-42)29(44)19-8-17-10-23(41-16(2)7-27(43)40-32(41)45)25(11-18(17)9-19)46-14-26(35)36/h3-7,9-13,26H,8,14,37H2,1-2H3,(H,40,43,45). The molecule has 0 fully saturated rings. The van der Waals surface area contributed by atoms with Gasteiger partial charge in [0.25, 0.3) is 12.0 Å². The summed E-state index contributed by atoms with van der Waals surface area (Å²) in [5, 5.41) is 4.25. The number of anilines is 1. The lowest BCUT2D eigenvalue weighted by Gasteiger charge is -2.16. The van der Waals surface area contributed by atoms with Gasteiger partial charge < -0.3 is 15.2 Å². The van der Waals surface area contributed by atoms with Gasteiger partial charge in [-0.25, -0.2) is 32.0 Å². The Kier molecular flexibility index (Phi) is 7.97. The fourth-order valence-corrected chi connectivity index (χ4v) is 5.24. The Morgan fingerprint density at radius 1 is 1.06 bits per heavy atom. The van der Waals surface area contributed by atoms with Crippen LogP contribution in [0.2, 0.25) is 0 Å². The Hall–Kier alpha value is -5.99. The van der Waals surface area contributed by atoms with Crippen LogP contribution in [0.1, 0.15) is 32.7 Å². The van der Waals surface area contributed by atoms with Crippen molar-refractivity contribution in [1.82, 2.24) is 24.3 Å². The molecule has 0 bridgehead atoms. The van der Waals surface area contributed by atoms with E-state index >= 15 is 0 Å². The van der Waals surface area contributed by atoms with Gasteiger partial charge in [0, 0.05) is 29.8 Å². The molecule has 5 aromatic rings. The third-order valence-corrected chi connectivity index (χ3v) is 7.42. The Labute approximate surface area is 262 Å². The lowest BCUT2D eigenvalue weighted by molar-refractivity contribution is 0.0818. The van der Waals surface area contributed by atoms with Crippen LogP contribution in [0.5, 0.6) is 17.4 Å². The van der Waals surface area contributed by atoms with E-state index in [9.17, 15) is 31.9 Å². The molecule has 0 saturated carbocycles. The maximum Gasteiger partial charge on any atom is 0.333 e. The van der Waals surface area contributed by atoms with Crippen molar-refractivity contribution in [3.05, 3.63) is 121 Å². The van der Waals surface area contributed by atoms with E-state index in [0.717, 1.165) is 16.7 Å². The summed E-state index contributed by atoms with van der Waals surface area (Å²) < 4.78 is 67.3. The predicted octanol–water partition coefficient (Wildman–Crippen LogP) is 4.84. The van der Waals surface area contributed by atoms with Gasteiger partial charge in [-0.15, -0.1) is 0 Å². The topological polar surface area (TPSA) is 147 Å². The largest absolute Gasteiger partial charge is 0.485 e. The van der Waals surface area contributed by atoms with E-state index in [1.807, 2.05) is 0 Å². The highest BCUT2D eigenvalue weighted by molar-refractivity contribution is 6.15. The van der Waals surface area contributed by atoms with Crippen molar-refractivity contribution < 1.29 is 31.8 Å². The predicted molar refractivity (Wildman–Crippen MR) is 162 cm³/mol. The summed E-state index contributed by atoms with van der Waals surface area (Å²) in [6.07, 6.45) is 1.49. The maximum absolute atomic E-state index is 14.0. The van der Waals surface area contributed by atoms with Gasteiger partial charge in [-0.1, -0.05) is 6.07 Å². The minimum atomic E-state index is -2.80. The van der Waals surface area contributed by atoms with E-state index in [0.29, 0.717) is 28.0 Å². The second-order valence-corrected chi connectivity index (χ2v) is 10.6. The van der Waals surface area contributed by atoms with E-state index in [1.165, 1.54) is 54.3 Å². The van der Waals surface area contributed by atoms with Crippen LogP contribution >= 0.6 is 0 Å².